The van der Waals surface area contributed by atoms with E-state index < -0.39 is 35.5 Å². The largest absolute Gasteiger partial charge is 0.548 e. The molecular weight excluding hydrogens is 584 g/mol. The average Bonchev–Trinajstić information content (AvgIpc) is 3.45. The zero-order valence-electron chi connectivity index (χ0n) is 26.1. The molecule has 2 aromatic carbocycles. The van der Waals surface area contributed by atoms with Crippen LogP contribution in [-0.4, -0.2) is 47.5 Å². The molecule has 0 saturated heterocycles. The molecule has 0 aliphatic heterocycles. The standard InChI is InChI=1S/C36H44N4O6/c41-32(39-30(33(42)43)12-6-7-13-37-35(45)46-22-23-8-2-1-3-9-23)31(17-27-21-38-29-11-5-4-10-28(27)29)40-34(44)36-18-24-14-25(19-36)16-26(15-24)20-36/h1-5,8-11,21,24-26,30-31,38H,6-7,12-20,22H2,(H,37,45)(H,39,41)(H,40,44)(H,42,43)/p-1. The van der Waals surface area contributed by atoms with Crippen LogP contribution in [-0.2, 0) is 32.1 Å². The van der Waals surface area contributed by atoms with E-state index in [1.165, 1.54) is 19.3 Å². The third kappa shape index (κ3) is 7.37. The van der Waals surface area contributed by atoms with E-state index in [9.17, 15) is 24.3 Å². The number of hydrogen-bond donors (Lipinski definition) is 4. The molecule has 4 aliphatic rings. The van der Waals surface area contributed by atoms with Gasteiger partial charge >= 0.3 is 6.09 Å². The van der Waals surface area contributed by atoms with Crippen LogP contribution in [0.4, 0.5) is 4.79 Å². The number of aromatic nitrogens is 1. The minimum atomic E-state index is -1.39. The number of amides is 3. The summed E-state index contributed by atoms with van der Waals surface area (Å²) in [7, 11) is 0. The van der Waals surface area contributed by atoms with Crippen molar-refractivity contribution in [3.63, 3.8) is 0 Å². The van der Waals surface area contributed by atoms with Gasteiger partial charge in [-0.05, 0) is 92.7 Å². The van der Waals surface area contributed by atoms with E-state index >= 15 is 0 Å². The molecule has 4 aliphatic carbocycles. The smallest absolute Gasteiger partial charge is 0.407 e. The molecule has 3 amide bonds. The van der Waals surface area contributed by atoms with Crippen LogP contribution in [0, 0.1) is 23.2 Å². The van der Waals surface area contributed by atoms with E-state index in [1.807, 2.05) is 60.8 Å². The fourth-order valence-corrected chi connectivity index (χ4v) is 8.39. The Kier molecular flexibility index (Phi) is 9.61. The van der Waals surface area contributed by atoms with Crippen molar-refractivity contribution in [2.75, 3.05) is 6.54 Å². The molecule has 4 saturated carbocycles. The number of carboxylic acids is 1. The first-order valence-corrected chi connectivity index (χ1v) is 16.6. The quantitative estimate of drug-likeness (QED) is 0.200. The Bertz CT molecular complexity index is 1520. The predicted octanol–water partition coefficient (Wildman–Crippen LogP) is 3.74. The molecule has 10 heteroatoms. The maximum absolute atomic E-state index is 14.0. The summed E-state index contributed by atoms with van der Waals surface area (Å²) in [5.41, 5.74) is 2.23. The number of carbonyl (C=O) groups excluding carboxylic acids is 4. The van der Waals surface area contributed by atoms with Crippen molar-refractivity contribution in [1.29, 1.82) is 0 Å². The van der Waals surface area contributed by atoms with E-state index in [0.29, 0.717) is 37.1 Å². The molecule has 244 valence electrons. The van der Waals surface area contributed by atoms with Gasteiger partial charge in [0.25, 0.3) is 0 Å². The maximum Gasteiger partial charge on any atom is 0.407 e. The number of rotatable bonds is 14. The summed E-state index contributed by atoms with van der Waals surface area (Å²) in [5.74, 6) is -0.300. The van der Waals surface area contributed by atoms with Gasteiger partial charge in [-0.1, -0.05) is 48.5 Å². The number of hydrogen-bond acceptors (Lipinski definition) is 6. The van der Waals surface area contributed by atoms with E-state index in [2.05, 4.69) is 20.9 Å². The first-order valence-electron chi connectivity index (χ1n) is 16.6. The highest BCUT2D eigenvalue weighted by molar-refractivity contribution is 5.93. The molecule has 46 heavy (non-hydrogen) atoms. The molecule has 7 rings (SSSR count). The molecule has 4 bridgehead atoms. The Morgan fingerprint density at radius 1 is 0.870 bits per heavy atom. The molecule has 4 N–H and O–H groups in total. The molecule has 0 radical (unpaired) electrons. The molecular formula is C36H43N4O6-. The van der Waals surface area contributed by atoms with Crippen molar-refractivity contribution in [3.05, 3.63) is 71.9 Å². The third-order valence-electron chi connectivity index (χ3n) is 10.2. The summed E-state index contributed by atoms with van der Waals surface area (Å²) >= 11 is 0. The summed E-state index contributed by atoms with van der Waals surface area (Å²) < 4.78 is 5.20. The number of ether oxygens (including phenoxy) is 1. The summed E-state index contributed by atoms with van der Waals surface area (Å²) in [4.78, 5) is 55.1. The number of aliphatic carboxylic acids is 1. The first-order chi connectivity index (χ1) is 22.3. The van der Waals surface area contributed by atoms with Gasteiger partial charge in [0.15, 0.2) is 0 Å². The Morgan fingerprint density at radius 2 is 1.54 bits per heavy atom. The lowest BCUT2D eigenvalue weighted by atomic mass is 9.49. The van der Waals surface area contributed by atoms with Gasteiger partial charge in [-0.15, -0.1) is 0 Å². The predicted molar refractivity (Wildman–Crippen MR) is 170 cm³/mol. The fraction of sp³-hybridized carbons (Fsp3) is 0.500. The van der Waals surface area contributed by atoms with Crippen molar-refractivity contribution in [3.8, 4) is 0 Å². The third-order valence-corrected chi connectivity index (χ3v) is 10.2. The van der Waals surface area contributed by atoms with Crippen LogP contribution in [0.1, 0.15) is 68.9 Å². The molecule has 1 heterocycles. The summed E-state index contributed by atoms with van der Waals surface area (Å²) in [6, 6.07) is 14.9. The number of unbranched alkanes of at least 4 members (excludes halogenated alkanes) is 1. The van der Waals surface area contributed by atoms with Gasteiger partial charge in [0.05, 0.1) is 12.0 Å². The Balaban J connectivity index is 1.06. The summed E-state index contributed by atoms with van der Waals surface area (Å²) in [6.07, 6.45) is 8.73. The fourth-order valence-electron chi connectivity index (χ4n) is 8.39. The molecule has 1 aromatic heterocycles. The van der Waals surface area contributed by atoms with Gasteiger partial charge < -0.3 is 35.6 Å². The highest BCUT2D eigenvalue weighted by atomic mass is 16.5. The van der Waals surface area contributed by atoms with Crippen LogP contribution in [0.15, 0.2) is 60.8 Å². The van der Waals surface area contributed by atoms with Gasteiger partial charge in [0, 0.05) is 35.5 Å². The number of carbonyl (C=O) groups is 4. The van der Waals surface area contributed by atoms with Crippen molar-refractivity contribution in [2.45, 2.75) is 82.9 Å². The molecule has 2 atom stereocenters. The zero-order chi connectivity index (χ0) is 32.1. The Hall–Kier alpha value is -4.34. The molecule has 10 nitrogen and oxygen atoms in total. The zero-order valence-corrected chi connectivity index (χ0v) is 26.1. The highest BCUT2D eigenvalue weighted by Gasteiger charge is 2.55. The average molecular weight is 628 g/mol. The molecule has 3 aromatic rings. The highest BCUT2D eigenvalue weighted by Crippen LogP contribution is 2.60. The van der Waals surface area contributed by atoms with E-state index in [4.69, 9.17) is 4.74 Å². The summed E-state index contributed by atoms with van der Waals surface area (Å²) in [6.45, 7) is 0.455. The van der Waals surface area contributed by atoms with Gasteiger partial charge in [-0.2, -0.15) is 0 Å². The van der Waals surface area contributed by atoms with Crippen LogP contribution in [0.25, 0.3) is 10.9 Å². The second-order valence-corrected chi connectivity index (χ2v) is 13.7. The molecule has 2 unspecified atom stereocenters. The minimum absolute atomic E-state index is 0.0817. The lowest BCUT2D eigenvalue weighted by molar-refractivity contribution is -0.308. The second kappa shape index (κ2) is 14.0. The Morgan fingerprint density at radius 3 is 2.24 bits per heavy atom. The number of nitrogens with one attached hydrogen (secondary N) is 4. The van der Waals surface area contributed by atoms with Crippen molar-refractivity contribution in [2.24, 2.45) is 23.2 Å². The van der Waals surface area contributed by atoms with Gasteiger partial charge in [0.2, 0.25) is 11.8 Å². The van der Waals surface area contributed by atoms with E-state index in [1.54, 1.807) is 0 Å². The lowest BCUT2D eigenvalue weighted by Gasteiger charge is -2.55. The number of fused-ring (bicyclic) bond motifs is 1. The van der Waals surface area contributed by atoms with Crippen LogP contribution in [0.3, 0.4) is 0 Å². The normalized spacial score (nSPS) is 24.2. The number of H-pyrrole nitrogens is 1. The SMILES string of the molecule is O=C(NCCCCC(NC(=O)C(Cc1c[nH]c2ccccc12)NC(=O)C12CC3CC(CC(C3)C1)C2)C(=O)[O-])OCc1ccccc1. The van der Waals surface area contributed by atoms with Crippen molar-refractivity contribution in [1.82, 2.24) is 20.9 Å². The number of alkyl carbamates (subject to hydrolysis) is 1. The topological polar surface area (TPSA) is 152 Å². The molecule has 4 fully saturated rings. The number of benzene rings is 2. The Labute approximate surface area is 269 Å². The molecule has 0 spiro atoms. The van der Waals surface area contributed by atoms with Crippen molar-refractivity contribution >= 4 is 34.8 Å². The number of aromatic amines is 1. The van der Waals surface area contributed by atoms with Crippen molar-refractivity contribution < 1.29 is 29.0 Å². The lowest BCUT2D eigenvalue weighted by Crippen LogP contribution is -2.59. The van der Waals surface area contributed by atoms with Gasteiger partial charge in [-0.3, -0.25) is 9.59 Å². The van der Waals surface area contributed by atoms with Crippen LogP contribution in [0.2, 0.25) is 0 Å². The number of carboxylic acid groups (broad SMARTS) is 1. The summed E-state index contributed by atoms with van der Waals surface area (Å²) in [5, 5.41) is 21.5. The van der Waals surface area contributed by atoms with Crippen LogP contribution >= 0.6 is 0 Å². The van der Waals surface area contributed by atoms with E-state index in [-0.39, 0.29) is 25.4 Å². The minimum Gasteiger partial charge on any atom is -0.548 e. The second-order valence-electron chi connectivity index (χ2n) is 13.7. The number of para-hydroxylation sites is 1. The van der Waals surface area contributed by atoms with Crippen LogP contribution < -0.4 is 21.1 Å². The first kappa shape index (κ1) is 31.6. The maximum atomic E-state index is 14.0. The van der Waals surface area contributed by atoms with Crippen LogP contribution in [0.5, 0.6) is 0 Å². The van der Waals surface area contributed by atoms with Gasteiger partial charge in [-0.25, -0.2) is 4.79 Å². The van der Waals surface area contributed by atoms with E-state index in [0.717, 1.165) is 41.3 Å². The monoisotopic (exact) mass is 627 g/mol. The van der Waals surface area contributed by atoms with Gasteiger partial charge in [0.1, 0.15) is 12.6 Å².